The number of nitrogens with one attached hydrogen (secondary N) is 1. The maximum absolute atomic E-state index is 13.4. The summed E-state index contributed by atoms with van der Waals surface area (Å²) in [6, 6.07) is 8.61. The number of alkyl halides is 3. The van der Waals surface area contributed by atoms with Gasteiger partial charge in [-0.2, -0.15) is 13.2 Å². The number of aliphatic imine (C=N–C) groups is 1. The maximum Gasteiger partial charge on any atom is 0.417 e. The monoisotopic (exact) mass is 421 g/mol. The Labute approximate surface area is 166 Å². The average molecular weight is 422 g/mol. The molecule has 9 heteroatoms. The molecule has 4 rings (SSSR count). The lowest BCUT2D eigenvalue weighted by Crippen LogP contribution is -2.13. The second kappa shape index (κ2) is 7.03. The third-order valence-corrected chi connectivity index (χ3v) is 5.14. The Morgan fingerprint density at radius 3 is 2.75 bits per heavy atom. The largest absolute Gasteiger partial charge is 0.417 e. The fourth-order valence-corrected chi connectivity index (χ4v) is 3.71. The quantitative estimate of drug-likeness (QED) is 0.586. The lowest BCUT2D eigenvalue weighted by atomic mass is 9.98. The number of benzene rings is 2. The molecule has 142 valence electrons. The SMILES string of the molecule is O=C(Nc1nccs1)c1cccc2c1N=C(c1ccc(Cl)cc1C(F)(F)F)C2. The summed E-state index contributed by atoms with van der Waals surface area (Å²) in [7, 11) is 0. The average Bonchev–Trinajstić information content (AvgIpc) is 3.29. The van der Waals surface area contributed by atoms with Gasteiger partial charge >= 0.3 is 6.18 Å². The zero-order valence-electron chi connectivity index (χ0n) is 14.0. The van der Waals surface area contributed by atoms with E-state index in [0.717, 1.165) is 6.07 Å². The molecule has 0 saturated carbocycles. The molecule has 1 aliphatic heterocycles. The lowest BCUT2D eigenvalue weighted by molar-refractivity contribution is -0.137. The molecule has 0 fully saturated rings. The fourth-order valence-electron chi connectivity index (χ4n) is 3.01. The van der Waals surface area contributed by atoms with Gasteiger partial charge in [0.2, 0.25) is 0 Å². The summed E-state index contributed by atoms with van der Waals surface area (Å²) in [5, 5.41) is 4.82. The summed E-state index contributed by atoms with van der Waals surface area (Å²) in [5.41, 5.74) is 0.693. The predicted octanol–water partition coefficient (Wildman–Crippen LogP) is 5.74. The number of fused-ring (bicyclic) bond motifs is 1. The summed E-state index contributed by atoms with van der Waals surface area (Å²) < 4.78 is 40.3. The van der Waals surface area contributed by atoms with Gasteiger partial charge in [-0.25, -0.2) is 4.98 Å². The minimum Gasteiger partial charge on any atom is -0.298 e. The number of hydrogen-bond donors (Lipinski definition) is 1. The van der Waals surface area contributed by atoms with Crippen LogP contribution in [-0.4, -0.2) is 16.6 Å². The van der Waals surface area contributed by atoms with Gasteiger partial charge in [0.25, 0.3) is 5.91 Å². The Bertz CT molecular complexity index is 1090. The summed E-state index contributed by atoms with van der Waals surface area (Å²) in [5.74, 6) is -0.413. The number of halogens is 4. The Balaban J connectivity index is 1.74. The van der Waals surface area contributed by atoms with Crippen molar-refractivity contribution in [1.29, 1.82) is 0 Å². The van der Waals surface area contributed by atoms with Gasteiger partial charge in [-0.15, -0.1) is 11.3 Å². The topological polar surface area (TPSA) is 54.4 Å². The minimum absolute atomic E-state index is 0.00398. The maximum atomic E-state index is 13.4. The van der Waals surface area contributed by atoms with Crippen LogP contribution in [0.15, 0.2) is 53.0 Å². The number of amides is 1. The zero-order chi connectivity index (χ0) is 19.9. The van der Waals surface area contributed by atoms with E-state index in [1.807, 2.05) is 0 Å². The Morgan fingerprint density at radius 2 is 2.04 bits per heavy atom. The molecule has 1 N–H and O–H groups in total. The molecule has 4 nitrogen and oxygen atoms in total. The standard InChI is InChI=1S/C19H11ClF3N3OS/c20-11-4-5-12(14(9-11)19(21,22)23)15-8-10-2-1-3-13(16(10)25-15)17(27)26-18-24-6-7-28-18/h1-7,9H,8H2,(H,24,26,27). The number of rotatable bonds is 3. The van der Waals surface area contributed by atoms with Gasteiger partial charge in [0, 0.05) is 28.6 Å². The van der Waals surface area contributed by atoms with Crippen molar-refractivity contribution < 1.29 is 18.0 Å². The smallest absolute Gasteiger partial charge is 0.298 e. The van der Waals surface area contributed by atoms with Crippen LogP contribution < -0.4 is 5.32 Å². The molecule has 0 unspecified atom stereocenters. The van der Waals surface area contributed by atoms with Crippen molar-refractivity contribution in [3.8, 4) is 0 Å². The molecule has 3 aromatic rings. The molecule has 1 aromatic heterocycles. The van der Waals surface area contributed by atoms with Crippen molar-refractivity contribution >= 4 is 45.4 Å². The first kappa shape index (κ1) is 18.6. The van der Waals surface area contributed by atoms with E-state index < -0.39 is 17.6 Å². The van der Waals surface area contributed by atoms with Crippen LogP contribution in [0.4, 0.5) is 24.0 Å². The van der Waals surface area contributed by atoms with E-state index in [4.69, 9.17) is 11.6 Å². The van der Waals surface area contributed by atoms with Crippen molar-refractivity contribution in [2.45, 2.75) is 12.6 Å². The first-order valence-electron chi connectivity index (χ1n) is 8.10. The first-order chi connectivity index (χ1) is 13.3. The van der Waals surface area contributed by atoms with E-state index in [1.54, 1.807) is 29.8 Å². The Morgan fingerprint density at radius 1 is 1.21 bits per heavy atom. The van der Waals surface area contributed by atoms with Crippen LogP contribution in [0.25, 0.3) is 0 Å². The normalized spacial score (nSPS) is 13.2. The van der Waals surface area contributed by atoms with E-state index in [2.05, 4.69) is 15.3 Å². The van der Waals surface area contributed by atoms with Crippen molar-refractivity contribution in [3.63, 3.8) is 0 Å². The molecule has 0 atom stereocenters. The second-order valence-electron chi connectivity index (χ2n) is 6.03. The number of nitrogens with zero attached hydrogens (tertiary/aromatic N) is 2. The van der Waals surface area contributed by atoms with Gasteiger partial charge in [-0.05, 0) is 23.8 Å². The highest BCUT2D eigenvalue weighted by Crippen LogP contribution is 2.38. The zero-order valence-corrected chi connectivity index (χ0v) is 15.6. The van der Waals surface area contributed by atoms with Gasteiger partial charge in [0.1, 0.15) is 0 Å². The van der Waals surface area contributed by atoms with Crippen molar-refractivity contribution in [1.82, 2.24) is 4.98 Å². The second-order valence-corrected chi connectivity index (χ2v) is 7.36. The van der Waals surface area contributed by atoms with Crippen LogP contribution in [0.5, 0.6) is 0 Å². The van der Waals surface area contributed by atoms with Crippen LogP contribution in [0.2, 0.25) is 5.02 Å². The van der Waals surface area contributed by atoms with Gasteiger partial charge < -0.3 is 0 Å². The third kappa shape index (κ3) is 3.53. The van der Waals surface area contributed by atoms with Crippen molar-refractivity contribution in [2.75, 3.05) is 5.32 Å². The van der Waals surface area contributed by atoms with Gasteiger partial charge in [0.05, 0.1) is 22.5 Å². The summed E-state index contributed by atoms with van der Waals surface area (Å²) in [6.07, 6.45) is -2.81. The van der Waals surface area contributed by atoms with Gasteiger partial charge in [0.15, 0.2) is 5.13 Å². The molecule has 2 aromatic carbocycles. The molecule has 1 amide bonds. The molecule has 0 radical (unpaired) electrons. The van der Waals surface area contributed by atoms with E-state index in [9.17, 15) is 18.0 Å². The van der Waals surface area contributed by atoms with Crippen LogP contribution in [0, 0.1) is 0 Å². The molecule has 0 spiro atoms. The van der Waals surface area contributed by atoms with Gasteiger partial charge in [-0.1, -0.05) is 29.8 Å². The highest BCUT2D eigenvalue weighted by molar-refractivity contribution is 7.13. The van der Waals surface area contributed by atoms with Crippen LogP contribution in [0.3, 0.4) is 0 Å². The first-order valence-corrected chi connectivity index (χ1v) is 9.36. The van der Waals surface area contributed by atoms with E-state index in [1.165, 1.54) is 23.5 Å². The Hall–Kier alpha value is -2.71. The highest BCUT2D eigenvalue weighted by Gasteiger charge is 2.36. The Kier molecular flexibility index (Phi) is 4.68. The van der Waals surface area contributed by atoms with Crippen LogP contribution in [0.1, 0.15) is 27.0 Å². The lowest BCUT2D eigenvalue weighted by Gasteiger charge is -2.13. The summed E-state index contributed by atoms with van der Waals surface area (Å²) in [6.45, 7) is 0. The predicted molar refractivity (Wildman–Crippen MR) is 103 cm³/mol. The number of aromatic nitrogens is 1. The molecule has 0 aliphatic carbocycles. The van der Waals surface area contributed by atoms with Crippen LogP contribution in [-0.2, 0) is 12.6 Å². The third-order valence-electron chi connectivity index (χ3n) is 4.22. The molecule has 1 aliphatic rings. The van der Waals surface area contributed by atoms with Crippen molar-refractivity contribution in [3.05, 3.63) is 75.3 Å². The number of thiazole rings is 1. The number of hydrogen-bond acceptors (Lipinski definition) is 4. The molecule has 0 saturated heterocycles. The minimum atomic E-state index is -4.57. The number of carbonyl (C=O) groups excluding carboxylic acids is 1. The molecule has 0 bridgehead atoms. The number of para-hydroxylation sites is 1. The van der Waals surface area contributed by atoms with Crippen LogP contribution >= 0.6 is 22.9 Å². The molecule has 28 heavy (non-hydrogen) atoms. The van der Waals surface area contributed by atoms with E-state index in [-0.39, 0.29) is 28.3 Å². The van der Waals surface area contributed by atoms with Gasteiger partial charge in [-0.3, -0.25) is 15.1 Å². The van der Waals surface area contributed by atoms with Crippen molar-refractivity contribution in [2.24, 2.45) is 4.99 Å². The number of carbonyl (C=O) groups is 1. The summed E-state index contributed by atoms with van der Waals surface area (Å²) in [4.78, 5) is 20.9. The fraction of sp³-hybridized carbons (Fsp3) is 0.105. The molecular weight excluding hydrogens is 411 g/mol. The van der Waals surface area contributed by atoms with E-state index in [0.29, 0.717) is 16.4 Å². The number of anilines is 1. The molecule has 2 heterocycles. The summed E-state index contributed by atoms with van der Waals surface area (Å²) >= 11 is 7.02. The van der Waals surface area contributed by atoms with E-state index >= 15 is 0 Å². The highest BCUT2D eigenvalue weighted by atomic mass is 35.5. The molecular formula is C19H11ClF3N3OS.